The van der Waals surface area contributed by atoms with Crippen molar-refractivity contribution in [2.24, 2.45) is 0 Å². The van der Waals surface area contributed by atoms with E-state index >= 15 is 0 Å². The maximum atomic E-state index is 13.3. The number of carbonyl (C=O) groups is 3. The van der Waals surface area contributed by atoms with Crippen LogP contribution in [0.1, 0.15) is 18.9 Å². The first-order chi connectivity index (χ1) is 16.8. The van der Waals surface area contributed by atoms with Crippen molar-refractivity contribution < 1.29 is 23.9 Å². The van der Waals surface area contributed by atoms with Gasteiger partial charge in [0.2, 0.25) is 5.91 Å². The summed E-state index contributed by atoms with van der Waals surface area (Å²) < 4.78 is 12.8. The van der Waals surface area contributed by atoms with Crippen LogP contribution in [0.5, 0.6) is 11.5 Å². The minimum atomic E-state index is -1.37. The number of amides is 4. The summed E-state index contributed by atoms with van der Waals surface area (Å²) in [5, 5.41) is 9.85. The van der Waals surface area contributed by atoms with Gasteiger partial charge in [-0.25, -0.2) is 14.5 Å². The van der Waals surface area contributed by atoms with Crippen molar-refractivity contribution in [3.8, 4) is 17.2 Å². The lowest BCUT2D eigenvalue weighted by atomic mass is 9.91. The van der Waals surface area contributed by atoms with Crippen molar-refractivity contribution in [2.45, 2.75) is 18.9 Å². The summed E-state index contributed by atoms with van der Waals surface area (Å²) >= 11 is 6.10. The number of hydrogen-bond donors (Lipinski definition) is 2. The van der Waals surface area contributed by atoms with Gasteiger partial charge in [-0.05, 0) is 42.8 Å². The maximum Gasteiger partial charge on any atom is 0.325 e. The third-order valence-electron chi connectivity index (χ3n) is 5.80. The lowest BCUT2D eigenvalue weighted by Crippen LogP contribution is -2.42. The van der Waals surface area contributed by atoms with Crippen molar-refractivity contribution in [1.82, 2.24) is 25.0 Å². The van der Waals surface area contributed by atoms with Gasteiger partial charge in [-0.3, -0.25) is 14.5 Å². The predicted molar refractivity (Wildman–Crippen MR) is 125 cm³/mol. The number of halogens is 1. The normalized spacial score (nSPS) is 19.3. The maximum absolute atomic E-state index is 13.3. The molecule has 0 saturated carbocycles. The van der Waals surface area contributed by atoms with E-state index in [-0.39, 0.29) is 0 Å². The Kier molecular flexibility index (Phi) is 5.77. The lowest BCUT2D eigenvalue weighted by Gasteiger charge is -2.23. The molecule has 0 bridgehead atoms. The molecule has 2 aliphatic heterocycles. The zero-order valence-corrected chi connectivity index (χ0v) is 19.4. The third kappa shape index (κ3) is 4.26. The highest BCUT2D eigenvalue weighted by Crippen LogP contribution is 2.36. The second-order valence-corrected chi connectivity index (χ2v) is 8.64. The summed E-state index contributed by atoms with van der Waals surface area (Å²) in [5.74, 6) is -0.0663. The summed E-state index contributed by atoms with van der Waals surface area (Å²) in [5.41, 5.74) is 0.0239. The number of carbonyl (C=O) groups excluding carboxylic acids is 3. The molecule has 0 aliphatic carbocycles. The smallest absolute Gasteiger partial charge is 0.325 e. The van der Waals surface area contributed by atoms with Crippen molar-refractivity contribution in [2.75, 3.05) is 25.1 Å². The lowest BCUT2D eigenvalue weighted by molar-refractivity contribution is -0.133. The molecule has 1 aromatic heterocycles. The van der Waals surface area contributed by atoms with Crippen LogP contribution >= 0.6 is 11.6 Å². The van der Waals surface area contributed by atoms with E-state index in [2.05, 4.69) is 20.7 Å². The number of nitrogens with zero attached hydrogens (tertiary/aromatic N) is 4. The topological polar surface area (TPSA) is 128 Å². The number of hydrogen-bond acceptors (Lipinski definition) is 7. The molecule has 1 fully saturated rings. The van der Waals surface area contributed by atoms with Crippen LogP contribution in [0.3, 0.4) is 0 Å². The van der Waals surface area contributed by atoms with Gasteiger partial charge in [-0.2, -0.15) is 5.10 Å². The van der Waals surface area contributed by atoms with Gasteiger partial charge in [0.1, 0.15) is 24.7 Å². The molecule has 0 spiro atoms. The van der Waals surface area contributed by atoms with Crippen LogP contribution in [0.4, 0.5) is 10.5 Å². The molecule has 1 saturated heterocycles. The number of aromatic nitrogens is 3. The van der Waals surface area contributed by atoms with E-state index in [1.807, 2.05) is 0 Å². The van der Waals surface area contributed by atoms with Gasteiger partial charge >= 0.3 is 6.03 Å². The summed E-state index contributed by atoms with van der Waals surface area (Å²) in [6.45, 7) is 2.12. The van der Waals surface area contributed by atoms with Gasteiger partial charge in [-0.15, -0.1) is 0 Å². The minimum absolute atomic E-state index is 0.353. The first-order valence-electron chi connectivity index (χ1n) is 10.8. The van der Waals surface area contributed by atoms with E-state index in [0.29, 0.717) is 46.7 Å². The molecule has 3 heterocycles. The Morgan fingerprint density at radius 3 is 2.74 bits per heavy atom. The minimum Gasteiger partial charge on any atom is -0.490 e. The van der Waals surface area contributed by atoms with Crippen molar-refractivity contribution in [1.29, 1.82) is 0 Å². The van der Waals surface area contributed by atoms with Gasteiger partial charge < -0.3 is 20.1 Å². The molecule has 11 nitrogen and oxygen atoms in total. The van der Waals surface area contributed by atoms with E-state index in [1.54, 1.807) is 43.3 Å². The molecule has 4 amide bonds. The molecule has 5 rings (SSSR count). The van der Waals surface area contributed by atoms with Gasteiger partial charge in [0, 0.05) is 11.4 Å². The SMILES string of the molecule is CC1(c2ccc3c(c2)OCCCO3)NC(=O)N(CC(=O)Nc2cc(Cl)ccc2-n2cncn2)C1=O. The van der Waals surface area contributed by atoms with Gasteiger partial charge in [0.05, 0.1) is 24.6 Å². The largest absolute Gasteiger partial charge is 0.490 e. The first-order valence-corrected chi connectivity index (χ1v) is 11.2. The number of ether oxygens (including phenoxy) is 2. The highest BCUT2D eigenvalue weighted by molar-refractivity contribution is 6.31. The standard InChI is InChI=1S/C23H21ClN6O5/c1-23(14-3-6-18-19(9-14)35-8-2-7-34-18)21(32)29(22(33)28-23)11-20(31)27-16-10-15(24)4-5-17(16)30-13-25-12-26-30/h3-6,9-10,12-13H,2,7-8,11H2,1H3,(H,27,31)(H,28,33). The Morgan fingerprint density at radius 1 is 1.17 bits per heavy atom. The Balaban J connectivity index is 1.35. The highest BCUT2D eigenvalue weighted by Gasteiger charge is 2.49. The third-order valence-corrected chi connectivity index (χ3v) is 6.03. The number of nitrogens with one attached hydrogen (secondary N) is 2. The number of urea groups is 1. The van der Waals surface area contributed by atoms with E-state index in [4.69, 9.17) is 21.1 Å². The van der Waals surface area contributed by atoms with Crippen LogP contribution in [0.25, 0.3) is 5.69 Å². The molecule has 1 unspecified atom stereocenters. The molecule has 180 valence electrons. The number of anilines is 1. The van der Waals surface area contributed by atoms with Crippen LogP contribution in [-0.2, 0) is 15.1 Å². The van der Waals surface area contributed by atoms with Crippen LogP contribution in [0.15, 0.2) is 49.1 Å². The Labute approximate surface area is 205 Å². The summed E-state index contributed by atoms with van der Waals surface area (Å²) in [6.07, 6.45) is 3.57. The Morgan fingerprint density at radius 2 is 1.97 bits per heavy atom. The Bertz CT molecular complexity index is 1310. The summed E-state index contributed by atoms with van der Waals surface area (Å²) in [4.78, 5) is 43.7. The van der Waals surface area contributed by atoms with Crippen molar-refractivity contribution in [3.05, 3.63) is 59.6 Å². The monoisotopic (exact) mass is 496 g/mol. The quantitative estimate of drug-likeness (QED) is 0.519. The van der Waals surface area contributed by atoms with E-state index in [9.17, 15) is 14.4 Å². The molecule has 2 N–H and O–H groups in total. The fourth-order valence-corrected chi connectivity index (χ4v) is 4.16. The van der Waals surface area contributed by atoms with E-state index < -0.39 is 29.9 Å². The average Bonchev–Trinajstić information content (AvgIpc) is 3.34. The molecular weight excluding hydrogens is 476 g/mol. The molecular formula is C23H21ClN6O5. The predicted octanol–water partition coefficient (Wildman–Crippen LogP) is 2.49. The second-order valence-electron chi connectivity index (χ2n) is 8.21. The molecule has 0 radical (unpaired) electrons. The summed E-state index contributed by atoms with van der Waals surface area (Å²) in [6, 6.07) is 9.27. The fraction of sp³-hybridized carbons (Fsp3) is 0.261. The Hall–Kier alpha value is -4.12. The number of rotatable bonds is 5. The molecule has 2 aromatic carbocycles. The van der Waals surface area contributed by atoms with Crippen LogP contribution in [0, 0.1) is 0 Å². The van der Waals surface area contributed by atoms with E-state index in [1.165, 1.54) is 17.3 Å². The zero-order valence-electron chi connectivity index (χ0n) is 18.7. The average molecular weight is 497 g/mol. The van der Waals surface area contributed by atoms with Crippen LogP contribution < -0.4 is 20.1 Å². The van der Waals surface area contributed by atoms with Gasteiger partial charge in [-0.1, -0.05) is 17.7 Å². The molecule has 35 heavy (non-hydrogen) atoms. The zero-order chi connectivity index (χ0) is 24.6. The van der Waals surface area contributed by atoms with Crippen molar-refractivity contribution >= 4 is 35.1 Å². The number of imide groups is 1. The van der Waals surface area contributed by atoms with Crippen molar-refractivity contribution in [3.63, 3.8) is 0 Å². The molecule has 3 aromatic rings. The highest BCUT2D eigenvalue weighted by atomic mass is 35.5. The van der Waals surface area contributed by atoms with Crippen LogP contribution in [0.2, 0.25) is 5.02 Å². The fourth-order valence-electron chi connectivity index (χ4n) is 3.98. The van der Waals surface area contributed by atoms with Gasteiger partial charge in [0.15, 0.2) is 11.5 Å². The van der Waals surface area contributed by atoms with Crippen LogP contribution in [-0.4, -0.2) is 57.3 Å². The molecule has 1 atom stereocenters. The van der Waals surface area contributed by atoms with E-state index in [0.717, 1.165) is 11.3 Å². The molecule has 12 heteroatoms. The summed E-state index contributed by atoms with van der Waals surface area (Å²) in [7, 11) is 0. The number of benzene rings is 2. The molecule has 2 aliphatic rings. The number of fused-ring (bicyclic) bond motifs is 1. The second kappa shape index (κ2) is 8.91. The first kappa shape index (κ1) is 22.7. The van der Waals surface area contributed by atoms with Gasteiger partial charge in [0.25, 0.3) is 5.91 Å².